The fourth-order valence-corrected chi connectivity index (χ4v) is 3.01. The van der Waals surface area contributed by atoms with Crippen LogP contribution in [0.1, 0.15) is 31.9 Å². The number of hydrogen-bond acceptors (Lipinski definition) is 4. The molecule has 1 aromatic rings. The number of benzene rings is 1. The molecule has 2 amide bonds. The lowest BCUT2D eigenvalue weighted by atomic mass is 9.85. The average molecular weight is 348 g/mol. The molecule has 1 aromatic carbocycles. The van der Waals surface area contributed by atoms with Crippen LogP contribution in [0.2, 0.25) is 0 Å². The van der Waals surface area contributed by atoms with Gasteiger partial charge in [-0.25, -0.2) is 4.79 Å². The van der Waals surface area contributed by atoms with Crippen LogP contribution >= 0.6 is 0 Å². The minimum absolute atomic E-state index is 0.0590. The Kier molecular flexibility index (Phi) is 5.93. The molecule has 6 heteroatoms. The van der Waals surface area contributed by atoms with Crippen molar-refractivity contribution in [2.75, 3.05) is 40.4 Å². The molecule has 0 unspecified atom stereocenters. The quantitative estimate of drug-likeness (QED) is 0.842. The first kappa shape index (κ1) is 19.1. The maximum Gasteiger partial charge on any atom is 0.409 e. The summed E-state index contributed by atoms with van der Waals surface area (Å²) in [6.45, 7) is 8.47. The Labute approximate surface area is 149 Å². The number of piperazine rings is 1. The lowest BCUT2D eigenvalue weighted by molar-refractivity contribution is -0.132. The van der Waals surface area contributed by atoms with E-state index in [1.54, 1.807) is 16.9 Å². The summed E-state index contributed by atoms with van der Waals surface area (Å²) in [5, 5.41) is 0. The van der Waals surface area contributed by atoms with E-state index in [1.807, 2.05) is 12.1 Å². The van der Waals surface area contributed by atoms with Crippen molar-refractivity contribution >= 4 is 12.0 Å². The summed E-state index contributed by atoms with van der Waals surface area (Å²) < 4.78 is 10.2. The topological polar surface area (TPSA) is 59.1 Å². The van der Waals surface area contributed by atoms with E-state index in [0.29, 0.717) is 32.6 Å². The molecular formula is C19H28N2O4. The number of hydrogen-bond donors (Lipinski definition) is 0. The van der Waals surface area contributed by atoms with Gasteiger partial charge < -0.3 is 19.3 Å². The van der Waals surface area contributed by atoms with Gasteiger partial charge >= 0.3 is 6.09 Å². The number of nitrogens with zero attached hydrogens (tertiary/aromatic N) is 2. The summed E-state index contributed by atoms with van der Waals surface area (Å²) in [7, 11) is 3.03. The highest BCUT2D eigenvalue weighted by Crippen LogP contribution is 2.32. The minimum Gasteiger partial charge on any atom is -0.496 e. The molecule has 0 saturated carbocycles. The Morgan fingerprint density at radius 2 is 1.64 bits per heavy atom. The second kappa shape index (κ2) is 7.76. The highest BCUT2D eigenvalue weighted by molar-refractivity contribution is 5.79. The summed E-state index contributed by atoms with van der Waals surface area (Å²) in [5.41, 5.74) is 2.01. The number of carbonyl (C=O) groups is 2. The number of ether oxygens (including phenoxy) is 2. The molecule has 25 heavy (non-hydrogen) atoms. The van der Waals surface area contributed by atoms with Crippen LogP contribution in [0.25, 0.3) is 0 Å². The van der Waals surface area contributed by atoms with Gasteiger partial charge in [0, 0.05) is 26.2 Å². The van der Waals surface area contributed by atoms with Crippen molar-refractivity contribution in [3.63, 3.8) is 0 Å². The second-order valence-corrected chi connectivity index (χ2v) is 7.30. The van der Waals surface area contributed by atoms with Gasteiger partial charge in [-0.15, -0.1) is 0 Å². The van der Waals surface area contributed by atoms with Gasteiger partial charge in [-0.2, -0.15) is 0 Å². The molecule has 1 heterocycles. The van der Waals surface area contributed by atoms with Crippen molar-refractivity contribution in [3.05, 3.63) is 29.3 Å². The summed E-state index contributed by atoms with van der Waals surface area (Å²) in [6.07, 6.45) is 0.0164. The summed E-state index contributed by atoms with van der Waals surface area (Å²) in [4.78, 5) is 27.5. The van der Waals surface area contributed by atoms with Crippen molar-refractivity contribution in [3.8, 4) is 5.75 Å². The SMILES string of the molecule is COC(=O)N1CCN(C(=O)Cc2ccc(OC)c(C(C)(C)C)c2)CC1. The molecule has 1 aliphatic heterocycles. The van der Waals surface area contributed by atoms with Crippen LogP contribution in [-0.4, -0.2) is 62.2 Å². The van der Waals surface area contributed by atoms with Gasteiger partial charge in [0.15, 0.2) is 0 Å². The van der Waals surface area contributed by atoms with E-state index < -0.39 is 0 Å². The van der Waals surface area contributed by atoms with E-state index >= 15 is 0 Å². The fraction of sp³-hybridized carbons (Fsp3) is 0.579. The molecule has 0 atom stereocenters. The predicted molar refractivity (Wildman–Crippen MR) is 96.0 cm³/mol. The van der Waals surface area contributed by atoms with Crippen molar-refractivity contribution in [1.82, 2.24) is 9.80 Å². The molecule has 2 rings (SSSR count). The first-order valence-electron chi connectivity index (χ1n) is 8.54. The standard InChI is InChI=1S/C19H28N2O4/c1-19(2,3)15-12-14(6-7-16(15)24-4)13-17(22)20-8-10-21(11-9-20)18(23)25-5/h6-7,12H,8-11,13H2,1-5H3. The molecule has 0 radical (unpaired) electrons. The van der Waals surface area contributed by atoms with Gasteiger partial charge in [0.1, 0.15) is 5.75 Å². The van der Waals surface area contributed by atoms with Gasteiger partial charge in [0.25, 0.3) is 0 Å². The molecule has 1 aliphatic rings. The third-order valence-corrected chi connectivity index (χ3v) is 4.49. The van der Waals surface area contributed by atoms with Crippen molar-refractivity contribution < 1.29 is 19.1 Å². The number of rotatable bonds is 3. The van der Waals surface area contributed by atoms with Crippen LogP contribution in [0, 0.1) is 0 Å². The maximum atomic E-state index is 12.6. The molecule has 0 spiro atoms. The van der Waals surface area contributed by atoms with Gasteiger partial charge in [0.05, 0.1) is 20.6 Å². The average Bonchev–Trinajstić information content (AvgIpc) is 2.60. The van der Waals surface area contributed by atoms with Crippen LogP contribution in [-0.2, 0) is 21.4 Å². The Bertz CT molecular complexity index is 629. The highest BCUT2D eigenvalue weighted by Gasteiger charge is 2.25. The number of carbonyl (C=O) groups excluding carboxylic acids is 2. The fourth-order valence-electron chi connectivity index (χ4n) is 3.01. The van der Waals surface area contributed by atoms with Crippen LogP contribution in [0.4, 0.5) is 4.79 Å². The monoisotopic (exact) mass is 348 g/mol. The Hall–Kier alpha value is -2.24. The third kappa shape index (κ3) is 4.65. The van der Waals surface area contributed by atoms with Crippen LogP contribution in [0.15, 0.2) is 18.2 Å². The molecule has 1 saturated heterocycles. The Morgan fingerprint density at radius 3 is 2.16 bits per heavy atom. The zero-order chi connectivity index (χ0) is 18.6. The zero-order valence-corrected chi connectivity index (χ0v) is 15.8. The molecule has 0 bridgehead atoms. The molecule has 0 aliphatic carbocycles. The van der Waals surface area contributed by atoms with E-state index in [2.05, 4.69) is 26.8 Å². The van der Waals surface area contributed by atoms with Crippen molar-refractivity contribution in [1.29, 1.82) is 0 Å². The first-order chi connectivity index (χ1) is 11.8. The highest BCUT2D eigenvalue weighted by atomic mass is 16.5. The van der Waals surface area contributed by atoms with Gasteiger partial charge in [0.2, 0.25) is 5.91 Å². The molecule has 0 aromatic heterocycles. The number of methoxy groups -OCH3 is 2. The molecule has 6 nitrogen and oxygen atoms in total. The smallest absolute Gasteiger partial charge is 0.409 e. The maximum absolute atomic E-state index is 12.6. The molecule has 138 valence electrons. The largest absolute Gasteiger partial charge is 0.496 e. The second-order valence-electron chi connectivity index (χ2n) is 7.30. The van der Waals surface area contributed by atoms with Crippen molar-refractivity contribution in [2.24, 2.45) is 0 Å². The van der Waals surface area contributed by atoms with Gasteiger partial charge in [-0.3, -0.25) is 4.79 Å². The van der Waals surface area contributed by atoms with Crippen molar-refractivity contribution in [2.45, 2.75) is 32.6 Å². The van der Waals surface area contributed by atoms with E-state index in [9.17, 15) is 9.59 Å². The van der Waals surface area contributed by atoms with E-state index in [0.717, 1.165) is 16.9 Å². The van der Waals surface area contributed by atoms with Gasteiger partial charge in [-0.05, 0) is 22.6 Å². The van der Waals surface area contributed by atoms with Crippen LogP contribution < -0.4 is 4.74 Å². The molecular weight excluding hydrogens is 320 g/mol. The summed E-state index contributed by atoms with van der Waals surface area (Å²) >= 11 is 0. The van der Waals surface area contributed by atoms with E-state index in [-0.39, 0.29) is 17.4 Å². The van der Waals surface area contributed by atoms with Crippen LogP contribution in [0.3, 0.4) is 0 Å². The summed E-state index contributed by atoms with van der Waals surface area (Å²) in [6, 6.07) is 5.93. The first-order valence-corrected chi connectivity index (χ1v) is 8.54. The van der Waals surface area contributed by atoms with Crippen LogP contribution in [0.5, 0.6) is 5.75 Å². The molecule has 0 N–H and O–H groups in total. The number of amides is 2. The Balaban J connectivity index is 2.03. The minimum atomic E-state index is -0.336. The van der Waals surface area contributed by atoms with E-state index in [1.165, 1.54) is 7.11 Å². The molecule has 1 fully saturated rings. The zero-order valence-electron chi connectivity index (χ0n) is 15.8. The lowest BCUT2D eigenvalue weighted by Crippen LogP contribution is -2.50. The lowest BCUT2D eigenvalue weighted by Gasteiger charge is -2.34. The van der Waals surface area contributed by atoms with Gasteiger partial charge in [-0.1, -0.05) is 32.9 Å². The Morgan fingerprint density at radius 1 is 1.04 bits per heavy atom. The summed E-state index contributed by atoms with van der Waals surface area (Å²) in [5.74, 6) is 0.921. The van der Waals surface area contributed by atoms with E-state index in [4.69, 9.17) is 9.47 Å². The predicted octanol–water partition coefficient (Wildman–Crippen LogP) is 2.45. The third-order valence-electron chi connectivity index (χ3n) is 4.49. The normalized spacial score (nSPS) is 15.1.